The van der Waals surface area contributed by atoms with Crippen LogP contribution in [-0.4, -0.2) is 43.3 Å². The predicted octanol–water partition coefficient (Wildman–Crippen LogP) is 4.06. The van der Waals surface area contributed by atoms with Crippen molar-refractivity contribution in [2.75, 3.05) is 5.32 Å². The molecule has 0 atom stereocenters. The fraction of sp³-hybridized carbons (Fsp3) is 0.423. The number of rotatable bonds is 6. The number of carbonyl (C=O) groups excluding carboxylic acids is 1. The highest BCUT2D eigenvalue weighted by Crippen LogP contribution is 2.33. The van der Waals surface area contributed by atoms with Crippen LogP contribution < -0.4 is 16.4 Å². The normalized spacial score (nSPS) is 18.2. The molecular formula is C26H31FN8O2. The van der Waals surface area contributed by atoms with Crippen LogP contribution in [0.5, 0.6) is 0 Å². The molecule has 5 rings (SSSR count). The molecule has 3 aromatic heterocycles. The molecule has 0 bridgehead atoms. The summed E-state index contributed by atoms with van der Waals surface area (Å²) < 4.78 is 20.3. The van der Waals surface area contributed by atoms with Gasteiger partial charge in [0.2, 0.25) is 5.89 Å². The predicted molar refractivity (Wildman–Crippen MR) is 137 cm³/mol. The first kappa shape index (κ1) is 24.8. The smallest absolute Gasteiger partial charge is 0.292 e. The largest absolute Gasteiger partial charge is 0.365 e. The van der Waals surface area contributed by atoms with Crippen LogP contribution in [-0.2, 0) is 12.0 Å². The molecule has 0 radical (unpaired) electrons. The standard InChI is InChI=1S/C26H31FN8O2/c1-26(2,3)25-32-23(35-37-25)24(36)30-13-15-5-4-14(12-19(15)27)18-10-11-29-21-20(18)22(34-33-21)31-17-8-6-16(28)7-9-17/h4-5,10-12,16-17H,6-9,13,28H2,1-3H3,(H,30,36)(H2,29,31,33,34). The van der Waals surface area contributed by atoms with E-state index in [1.165, 1.54) is 6.07 Å². The van der Waals surface area contributed by atoms with Crippen LogP contribution in [0.25, 0.3) is 22.2 Å². The lowest BCUT2D eigenvalue weighted by atomic mass is 9.91. The fourth-order valence-corrected chi connectivity index (χ4v) is 4.49. The van der Waals surface area contributed by atoms with E-state index in [-0.39, 0.29) is 29.9 Å². The van der Waals surface area contributed by atoms with Crippen LogP contribution >= 0.6 is 0 Å². The molecule has 1 aliphatic carbocycles. The summed E-state index contributed by atoms with van der Waals surface area (Å²) in [6.45, 7) is 5.71. The molecule has 1 amide bonds. The number of nitrogens with zero attached hydrogens (tertiary/aromatic N) is 4. The molecule has 1 fully saturated rings. The lowest BCUT2D eigenvalue weighted by molar-refractivity contribution is 0.0937. The first-order valence-electron chi connectivity index (χ1n) is 12.5. The van der Waals surface area contributed by atoms with Crippen molar-refractivity contribution in [2.45, 2.75) is 70.5 Å². The molecule has 1 saturated carbocycles. The average Bonchev–Trinajstić information content (AvgIpc) is 3.53. The highest BCUT2D eigenvalue weighted by molar-refractivity contribution is 6.00. The number of nitrogens with two attached hydrogens (primary N) is 1. The highest BCUT2D eigenvalue weighted by Gasteiger charge is 2.25. The average molecular weight is 507 g/mol. The maximum atomic E-state index is 15.1. The molecule has 0 aliphatic heterocycles. The van der Waals surface area contributed by atoms with E-state index in [2.05, 4.69) is 36.0 Å². The third-order valence-electron chi connectivity index (χ3n) is 6.65. The van der Waals surface area contributed by atoms with E-state index in [0.29, 0.717) is 28.5 Å². The number of aromatic nitrogens is 5. The monoisotopic (exact) mass is 506 g/mol. The topological polar surface area (TPSA) is 148 Å². The Morgan fingerprint density at radius 3 is 2.70 bits per heavy atom. The molecule has 1 aromatic carbocycles. The number of benzene rings is 1. The number of H-pyrrole nitrogens is 1. The SMILES string of the molecule is CC(C)(C)c1nc(C(=O)NCc2ccc(-c3ccnc4[nH]nc(NC5CCC(N)CC5)c34)cc2F)no1. The Balaban J connectivity index is 1.33. The molecule has 194 valence electrons. The van der Waals surface area contributed by atoms with Crippen molar-refractivity contribution < 1.29 is 13.7 Å². The van der Waals surface area contributed by atoms with Crippen LogP contribution in [0.2, 0.25) is 0 Å². The first-order valence-corrected chi connectivity index (χ1v) is 12.5. The molecule has 0 saturated heterocycles. The van der Waals surface area contributed by atoms with Gasteiger partial charge in [0.15, 0.2) is 11.5 Å². The maximum Gasteiger partial charge on any atom is 0.292 e. The van der Waals surface area contributed by atoms with Gasteiger partial charge in [-0.3, -0.25) is 9.89 Å². The molecule has 37 heavy (non-hydrogen) atoms. The summed E-state index contributed by atoms with van der Waals surface area (Å²) in [6, 6.07) is 7.31. The van der Waals surface area contributed by atoms with Crippen LogP contribution in [0.1, 0.15) is 68.5 Å². The summed E-state index contributed by atoms with van der Waals surface area (Å²) in [4.78, 5) is 21.0. The molecule has 0 unspecified atom stereocenters. The minimum atomic E-state index is -0.531. The molecule has 10 nitrogen and oxygen atoms in total. The van der Waals surface area contributed by atoms with Crippen molar-refractivity contribution in [3.63, 3.8) is 0 Å². The van der Waals surface area contributed by atoms with Gasteiger partial charge in [-0.2, -0.15) is 10.1 Å². The lowest BCUT2D eigenvalue weighted by Crippen LogP contribution is -2.32. The number of nitrogens with one attached hydrogen (secondary N) is 3. The minimum absolute atomic E-state index is 0.0154. The molecule has 3 heterocycles. The Labute approximate surface area is 213 Å². The van der Waals surface area contributed by atoms with Crippen molar-refractivity contribution in [1.82, 2.24) is 30.6 Å². The second-order valence-electron chi connectivity index (χ2n) is 10.6. The van der Waals surface area contributed by atoms with Gasteiger partial charge in [-0.1, -0.05) is 38.1 Å². The summed E-state index contributed by atoms with van der Waals surface area (Å²) in [6.07, 6.45) is 5.56. The van der Waals surface area contributed by atoms with Crippen molar-refractivity contribution in [2.24, 2.45) is 5.73 Å². The van der Waals surface area contributed by atoms with E-state index >= 15 is 4.39 Å². The van der Waals surface area contributed by atoms with Gasteiger partial charge in [0.1, 0.15) is 5.82 Å². The van der Waals surface area contributed by atoms with E-state index in [4.69, 9.17) is 10.3 Å². The quantitative estimate of drug-likeness (QED) is 0.306. The molecule has 1 aliphatic rings. The van der Waals surface area contributed by atoms with Gasteiger partial charge in [-0.15, -0.1) is 0 Å². The van der Waals surface area contributed by atoms with Gasteiger partial charge in [0.05, 0.1) is 5.39 Å². The molecule has 0 spiro atoms. The number of carbonyl (C=O) groups is 1. The van der Waals surface area contributed by atoms with Crippen molar-refractivity contribution in [3.05, 3.63) is 53.6 Å². The Hall–Kier alpha value is -3.86. The van der Waals surface area contributed by atoms with E-state index in [9.17, 15) is 4.79 Å². The second-order valence-corrected chi connectivity index (χ2v) is 10.6. The van der Waals surface area contributed by atoms with Gasteiger partial charge in [0, 0.05) is 35.8 Å². The Morgan fingerprint density at radius 2 is 2.00 bits per heavy atom. The second kappa shape index (κ2) is 9.89. The first-order chi connectivity index (χ1) is 17.7. The van der Waals surface area contributed by atoms with Crippen LogP contribution in [0.15, 0.2) is 35.0 Å². The zero-order valence-corrected chi connectivity index (χ0v) is 21.1. The van der Waals surface area contributed by atoms with E-state index < -0.39 is 11.7 Å². The van der Waals surface area contributed by atoms with E-state index in [1.54, 1.807) is 12.3 Å². The summed E-state index contributed by atoms with van der Waals surface area (Å²) in [5, 5.41) is 18.1. The third kappa shape index (κ3) is 5.31. The fourth-order valence-electron chi connectivity index (χ4n) is 4.49. The third-order valence-corrected chi connectivity index (χ3v) is 6.65. The van der Waals surface area contributed by atoms with E-state index in [1.807, 2.05) is 32.9 Å². The van der Waals surface area contributed by atoms with Crippen molar-refractivity contribution in [1.29, 1.82) is 0 Å². The number of hydrogen-bond acceptors (Lipinski definition) is 8. The van der Waals surface area contributed by atoms with Gasteiger partial charge in [-0.25, -0.2) is 9.37 Å². The van der Waals surface area contributed by atoms with Gasteiger partial charge in [0.25, 0.3) is 11.7 Å². The lowest BCUT2D eigenvalue weighted by Gasteiger charge is -2.27. The summed E-state index contributed by atoms with van der Waals surface area (Å²) in [7, 11) is 0. The van der Waals surface area contributed by atoms with Crippen molar-refractivity contribution in [3.8, 4) is 11.1 Å². The molecule has 5 N–H and O–H groups in total. The summed E-state index contributed by atoms with van der Waals surface area (Å²) >= 11 is 0. The Morgan fingerprint density at radius 1 is 1.22 bits per heavy atom. The minimum Gasteiger partial charge on any atom is -0.365 e. The number of fused-ring (bicyclic) bond motifs is 1. The van der Waals surface area contributed by atoms with E-state index in [0.717, 1.165) is 36.6 Å². The summed E-state index contributed by atoms with van der Waals surface area (Å²) in [5.41, 5.74) is 8.12. The Bertz CT molecular complexity index is 1420. The van der Waals surface area contributed by atoms with Crippen LogP contribution in [0, 0.1) is 5.82 Å². The zero-order valence-electron chi connectivity index (χ0n) is 21.1. The number of pyridine rings is 1. The number of aromatic amines is 1. The zero-order chi connectivity index (χ0) is 26.2. The van der Waals surface area contributed by atoms with Gasteiger partial charge in [-0.05, 0) is 48.9 Å². The van der Waals surface area contributed by atoms with Crippen molar-refractivity contribution >= 4 is 22.8 Å². The number of anilines is 1. The Kier molecular flexibility index (Phi) is 6.63. The van der Waals surface area contributed by atoms with Crippen LogP contribution in [0.4, 0.5) is 10.2 Å². The number of amides is 1. The molecular weight excluding hydrogens is 475 g/mol. The van der Waals surface area contributed by atoms with Gasteiger partial charge < -0.3 is 20.9 Å². The van der Waals surface area contributed by atoms with Gasteiger partial charge >= 0.3 is 0 Å². The maximum absolute atomic E-state index is 15.1. The highest BCUT2D eigenvalue weighted by atomic mass is 19.1. The summed E-state index contributed by atoms with van der Waals surface area (Å²) in [5.74, 6) is 0.00465. The number of halogens is 1. The molecule has 4 aromatic rings. The number of hydrogen-bond donors (Lipinski definition) is 4. The molecule has 11 heteroatoms. The van der Waals surface area contributed by atoms with Crippen LogP contribution in [0.3, 0.4) is 0 Å².